The highest BCUT2D eigenvalue weighted by molar-refractivity contribution is 7.13. The molecular weight excluding hydrogens is 200 g/mol. The molecular formula is C9H12N2O2S. The first kappa shape index (κ1) is 10.7. The van der Waals surface area contributed by atoms with E-state index in [1.54, 1.807) is 6.08 Å². The van der Waals surface area contributed by atoms with E-state index in [0.717, 1.165) is 10.8 Å². The first-order chi connectivity index (χ1) is 6.72. The van der Waals surface area contributed by atoms with Crippen LogP contribution in [0.5, 0.6) is 0 Å². The van der Waals surface area contributed by atoms with E-state index in [-0.39, 0.29) is 6.42 Å². The Hall–Kier alpha value is -1.36. The van der Waals surface area contributed by atoms with Gasteiger partial charge in [0.1, 0.15) is 0 Å². The molecule has 0 atom stereocenters. The molecule has 4 nitrogen and oxygen atoms in total. The van der Waals surface area contributed by atoms with E-state index >= 15 is 0 Å². The SMILES string of the molecule is C=CCNc1nc(CCC(=O)O)cs1. The smallest absolute Gasteiger partial charge is 0.303 e. The lowest BCUT2D eigenvalue weighted by Crippen LogP contribution is -1.99. The van der Waals surface area contributed by atoms with Crippen molar-refractivity contribution in [2.75, 3.05) is 11.9 Å². The third-order valence-electron chi connectivity index (χ3n) is 1.54. The van der Waals surface area contributed by atoms with Gasteiger partial charge in [0.05, 0.1) is 12.1 Å². The number of aryl methyl sites for hydroxylation is 1. The molecule has 1 aromatic heterocycles. The largest absolute Gasteiger partial charge is 0.481 e. The van der Waals surface area contributed by atoms with Crippen molar-refractivity contribution in [1.29, 1.82) is 0 Å². The molecule has 76 valence electrons. The van der Waals surface area contributed by atoms with Gasteiger partial charge in [0.25, 0.3) is 0 Å². The van der Waals surface area contributed by atoms with E-state index in [4.69, 9.17) is 5.11 Å². The molecule has 0 unspecified atom stereocenters. The quantitative estimate of drug-likeness (QED) is 0.705. The van der Waals surface area contributed by atoms with Crippen LogP contribution in [0.15, 0.2) is 18.0 Å². The summed E-state index contributed by atoms with van der Waals surface area (Å²) in [5.74, 6) is -0.793. The van der Waals surface area contributed by atoms with Crippen molar-refractivity contribution in [2.45, 2.75) is 12.8 Å². The summed E-state index contributed by atoms with van der Waals surface area (Å²) >= 11 is 1.48. The summed E-state index contributed by atoms with van der Waals surface area (Å²) in [7, 11) is 0. The maximum absolute atomic E-state index is 10.3. The van der Waals surface area contributed by atoms with E-state index in [0.29, 0.717) is 13.0 Å². The van der Waals surface area contributed by atoms with Crippen molar-refractivity contribution < 1.29 is 9.90 Å². The zero-order valence-electron chi connectivity index (χ0n) is 7.69. The van der Waals surface area contributed by atoms with Gasteiger partial charge in [-0.1, -0.05) is 6.08 Å². The molecule has 0 amide bonds. The Morgan fingerprint density at radius 3 is 3.21 bits per heavy atom. The van der Waals surface area contributed by atoms with Gasteiger partial charge in [-0.25, -0.2) is 4.98 Å². The average Bonchev–Trinajstić information content (AvgIpc) is 2.59. The molecule has 0 aromatic carbocycles. The second-order valence-corrected chi connectivity index (χ2v) is 3.57. The first-order valence-corrected chi connectivity index (χ1v) is 5.11. The average molecular weight is 212 g/mol. The van der Waals surface area contributed by atoms with E-state index in [1.807, 2.05) is 5.38 Å². The molecule has 0 saturated carbocycles. The van der Waals surface area contributed by atoms with Gasteiger partial charge in [-0.05, 0) is 0 Å². The second kappa shape index (κ2) is 5.39. The number of hydrogen-bond donors (Lipinski definition) is 2. The molecule has 5 heteroatoms. The molecule has 0 spiro atoms. The molecule has 0 fully saturated rings. The Morgan fingerprint density at radius 2 is 2.57 bits per heavy atom. The van der Waals surface area contributed by atoms with E-state index in [1.165, 1.54) is 11.3 Å². The van der Waals surface area contributed by atoms with Gasteiger partial charge in [0.2, 0.25) is 0 Å². The molecule has 0 aliphatic heterocycles. The van der Waals surface area contributed by atoms with Crippen molar-refractivity contribution in [1.82, 2.24) is 4.98 Å². The predicted molar refractivity (Wildman–Crippen MR) is 56.8 cm³/mol. The Bertz CT molecular complexity index is 322. The van der Waals surface area contributed by atoms with Crippen LogP contribution in [-0.4, -0.2) is 22.6 Å². The highest BCUT2D eigenvalue weighted by Gasteiger charge is 2.03. The van der Waals surface area contributed by atoms with Crippen molar-refractivity contribution in [3.8, 4) is 0 Å². The normalized spacial score (nSPS) is 9.71. The van der Waals surface area contributed by atoms with E-state index in [9.17, 15) is 4.79 Å². The van der Waals surface area contributed by atoms with Crippen LogP contribution in [0.25, 0.3) is 0 Å². The molecule has 1 aromatic rings. The van der Waals surface area contributed by atoms with Crippen molar-refractivity contribution in [3.63, 3.8) is 0 Å². The van der Waals surface area contributed by atoms with Crippen LogP contribution in [0.3, 0.4) is 0 Å². The zero-order chi connectivity index (χ0) is 10.4. The molecule has 1 rings (SSSR count). The Kier molecular flexibility index (Phi) is 4.12. The number of rotatable bonds is 6. The van der Waals surface area contributed by atoms with Crippen LogP contribution < -0.4 is 5.32 Å². The van der Waals surface area contributed by atoms with Crippen LogP contribution in [0.2, 0.25) is 0 Å². The minimum Gasteiger partial charge on any atom is -0.481 e. The molecule has 0 aliphatic rings. The fourth-order valence-corrected chi connectivity index (χ4v) is 1.65. The number of carboxylic acids is 1. The number of carbonyl (C=O) groups is 1. The summed E-state index contributed by atoms with van der Waals surface area (Å²) in [5.41, 5.74) is 0.823. The van der Waals surface area contributed by atoms with Gasteiger partial charge in [-0.15, -0.1) is 17.9 Å². The predicted octanol–water partition coefficient (Wildman–Crippen LogP) is 1.76. The van der Waals surface area contributed by atoms with Crippen molar-refractivity contribution in [2.24, 2.45) is 0 Å². The van der Waals surface area contributed by atoms with Gasteiger partial charge in [0.15, 0.2) is 5.13 Å². The molecule has 0 saturated heterocycles. The zero-order valence-corrected chi connectivity index (χ0v) is 8.51. The number of aliphatic carboxylic acids is 1. The maximum atomic E-state index is 10.3. The Balaban J connectivity index is 2.42. The topological polar surface area (TPSA) is 62.2 Å². The Morgan fingerprint density at radius 1 is 1.79 bits per heavy atom. The summed E-state index contributed by atoms with van der Waals surface area (Å²) in [6.07, 6.45) is 2.37. The summed E-state index contributed by atoms with van der Waals surface area (Å²) < 4.78 is 0. The van der Waals surface area contributed by atoms with Gasteiger partial charge in [0, 0.05) is 18.3 Å². The molecule has 1 heterocycles. The van der Waals surface area contributed by atoms with Gasteiger partial charge >= 0.3 is 5.97 Å². The molecule has 0 radical (unpaired) electrons. The minimum absolute atomic E-state index is 0.130. The van der Waals surface area contributed by atoms with Crippen molar-refractivity contribution in [3.05, 3.63) is 23.7 Å². The van der Waals surface area contributed by atoms with Gasteiger partial charge < -0.3 is 10.4 Å². The second-order valence-electron chi connectivity index (χ2n) is 2.71. The van der Waals surface area contributed by atoms with Crippen LogP contribution >= 0.6 is 11.3 Å². The highest BCUT2D eigenvalue weighted by atomic mass is 32.1. The number of carboxylic acid groups (broad SMARTS) is 1. The maximum Gasteiger partial charge on any atom is 0.303 e. The minimum atomic E-state index is -0.793. The number of nitrogens with one attached hydrogen (secondary N) is 1. The highest BCUT2D eigenvalue weighted by Crippen LogP contribution is 2.16. The lowest BCUT2D eigenvalue weighted by Gasteiger charge is -1.95. The van der Waals surface area contributed by atoms with Gasteiger partial charge in [-0.3, -0.25) is 4.79 Å². The third-order valence-corrected chi connectivity index (χ3v) is 2.39. The lowest BCUT2D eigenvalue weighted by molar-refractivity contribution is -0.136. The monoisotopic (exact) mass is 212 g/mol. The van der Waals surface area contributed by atoms with Gasteiger partial charge in [-0.2, -0.15) is 0 Å². The molecule has 0 aliphatic carbocycles. The summed E-state index contributed by atoms with van der Waals surface area (Å²) in [5, 5.41) is 14.2. The number of anilines is 1. The van der Waals surface area contributed by atoms with Crippen molar-refractivity contribution >= 4 is 22.4 Å². The van der Waals surface area contributed by atoms with Crippen LogP contribution in [0.1, 0.15) is 12.1 Å². The lowest BCUT2D eigenvalue weighted by atomic mass is 10.2. The number of hydrogen-bond acceptors (Lipinski definition) is 4. The van der Waals surface area contributed by atoms with Crippen LogP contribution in [-0.2, 0) is 11.2 Å². The third kappa shape index (κ3) is 3.57. The van der Waals surface area contributed by atoms with E-state index < -0.39 is 5.97 Å². The van der Waals surface area contributed by atoms with Crippen LogP contribution in [0, 0.1) is 0 Å². The molecule has 0 bridgehead atoms. The summed E-state index contributed by atoms with van der Waals surface area (Å²) in [4.78, 5) is 14.5. The molecule has 2 N–H and O–H groups in total. The fourth-order valence-electron chi connectivity index (χ4n) is 0.897. The number of aromatic nitrogens is 1. The Labute approximate surface area is 86.3 Å². The number of nitrogens with zero attached hydrogens (tertiary/aromatic N) is 1. The fraction of sp³-hybridized carbons (Fsp3) is 0.333. The van der Waals surface area contributed by atoms with Crippen LogP contribution in [0.4, 0.5) is 5.13 Å². The number of thiazole rings is 1. The first-order valence-electron chi connectivity index (χ1n) is 4.23. The van der Waals surface area contributed by atoms with E-state index in [2.05, 4.69) is 16.9 Å². The molecule has 14 heavy (non-hydrogen) atoms. The summed E-state index contributed by atoms with van der Waals surface area (Å²) in [6, 6.07) is 0. The summed E-state index contributed by atoms with van der Waals surface area (Å²) in [6.45, 7) is 4.25. The standard InChI is InChI=1S/C9H12N2O2S/c1-2-5-10-9-11-7(6-14-9)3-4-8(12)13/h2,6H,1,3-5H2,(H,10,11)(H,12,13).